The van der Waals surface area contributed by atoms with Gasteiger partial charge in [0.05, 0.1) is 0 Å². The molecule has 0 radical (unpaired) electrons. The number of hydrogen-bond donors (Lipinski definition) is 0. The Balaban J connectivity index is 0.987. The summed E-state index contributed by atoms with van der Waals surface area (Å²) in [5, 5.41) is 2.24. The average molecular weight is 792 g/mol. The fourth-order valence-electron chi connectivity index (χ4n) is 8.84. The molecule has 1 heterocycles. The number of rotatable bonds is 9. The van der Waals surface area contributed by atoms with Crippen molar-refractivity contribution in [2.75, 3.05) is 4.90 Å². The van der Waals surface area contributed by atoms with E-state index in [0.29, 0.717) is 0 Å². The van der Waals surface area contributed by atoms with Crippen LogP contribution in [0.4, 0.5) is 17.1 Å². The molecule has 0 aliphatic carbocycles. The highest BCUT2D eigenvalue weighted by Gasteiger charge is 2.18. The third-order valence-electron chi connectivity index (χ3n) is 11.9. The van der Waals surface area contributed by atoms with Crippen molar-refractivity contribution in [1.29, 1.82) is 0 Å². The minimum Gasteiger partial charge on any atom is -0.455 e. The van der Waals surface area contributed by atoms with Crippen LogP contribution in [0, 0.1) is 0 Å². The van der Waals surface area contributed by atoms with Crippen molar-refractivity contribution in [3.05, 3.63) is 249 Å². The largest absolute Gasteiger partial charge is 0.455 e. The van der Waals surface area contributed by atoms with Crippen LogP contribution < -0.4 is 4.90 Å². The minimum absolute atomic E-state index is 0.897. The molecule has 0 saturated heterocycles. The standard InChI is InChI=1S/C60H41NO/c1-5-16-42(17-6-1)48-24-13-25-52(40-48)61(50-35-30-43(31-36-50)49-34-39-53(44-18-7-2-8-19-44)58(41-49)46-22-11-4-12-23-46)51-37-32-47(33-38-51)55-27-15-29-57-56-28-14-26-54(59(56)62-60(55)57)45-20-9-3-10-21-45/h1-41H. The van der Waals surface area contributed by atoms with Crippen LogP contribution in [0.5, 0.6) is 0 Å². The fourth-order valence-corrected chi connectivity index (χ4v) is 8.84. The van der Waals surface area contributed by atoms with E-state index < -0.39 is 0 Å². The summed E-state index contributed by atoms with van der Waals surface area (Å²) in [4.78, 5) is 2.35. The third-order valence-corrected chi connectivity index (χ3v) is 11.9. The molecule has 11 aromatic rings. The number of furan rings is 1. The SMILES string of the molecule is c1ccc(-c2cccc(N(c3ccc(-c4ccc(-c5ccccc5)c(-c5ccccc5)c4)cc3)c3ccc(-c4cccc5c4oc4c(-c6ccccc6)cccc45)cc3)c2)cc1. The van der Waals surface area contributed by atoms with Crippen molar-refractivity contribution < 1.29 is 4.42 Å². The molecule has 11 rings (SSSR count). The summed E-state index contributed by atoms with van der Waals surface area (Å²) in [6.07, 6.45) is 0. The van der Waals surface area contributed by atoms with Crippen LogP contribution in [-0.4, -0.2) is 0 Å². The first kappa shape index (κ1) is 36.8. The lowest BCUT2D eigenvalue weighted by Gasteiger charge is -2.26. The lowest BCUT2D eigenvalue weighted by atomic mass is 9.91. The fraction of sp³-hybridized carbons (Fsp3) is 0. The second kappa shape index (κ2) is 16.1. The van der Waals surface area contributed by atoms with Crippen LogP contribution in [0.2, 0.25) is 0 Å². The summed E-state index contributed by atoms with van der Waals surface area (Å²) >= 11 is 0. The Hall–Kier alpha value is -8.20. The Kier molecular flexibility index (Phi) is 9.57. The molecule has 0 aliphatic rings. The zero-order valence-electron chi connectivity index (χ0n) is 34.0. The van der Waals surface area contributed by atoms with E-state index in [4.69, 9.17) is 4.42 Å². The first-order chi connectivity index (χ1) is 30.7. The highest BCUT2D eigenvalue weighted by atomic mass is 16.3. The topological polar surface area (TPSA) is 16.4 Å². The summed E-state index contributed by atoms with van der Waals surface area (Å²) in [5.74, 6) is 0. The van der Waals surface area contributed by atoms with Crippen molar-refractivity contribution >= 4 is 39.0 Å². The number of fused-ring (bicyclic) bond motifs is 3. The monoisotopic (exact) mass is 791 g/mol. The zero-order valence-corrected chi connectivity index (χ0v) is 34.0. The molecule has 0 unspecified atom stereocenters. The van der Waals surface area contributed by atoms with E-state index >= 15 is 0 Å². The predicted octanol–water partition coefficient (Wildman–Crippen LogP) is 17.1. The summed E-state index contributed by atoms with van der Waals surface area (Å²) in [6, 6.07) is 88.8. The van der Waals surface area contributed by atoms with Gasteiger partial charge in [0.15, 0.2) is 0 Å². The zero-order chi connectivity index (χ0) is 41.2. The Morgan fingerprint density at radius 2 is 0.613 bits per heavy atom. The van der Waals surface area contributed by atoms with Crippen LogP contribution in [0.25, 0.3) is 88.7 Å². The van der Waals surface area contributed by atoms with Crippen LogP contribution in [-0.2, 0) is 0 Å². The van der Waals surface area contributed by atoms with Crippen LogP contribution in [0.1, 0.15) is 0 Å². The molecule has 0 saturated carbocycles. The Morgan fingerprint density at radius 1 is 0.226 bits per heavy atom. The predicted molar refractivity (Wildman–Crippen MR) is 261 cm³/mol. The lowest BCUT2D eigenvalue weighted by molar-refractivity contribution is 0.671. The first-order valence-electron chi connectivity index (χ1n) is 21.2. The van der Waals surface area contributed by atoms with E-state index in [1.807, 2.05) is 6.07 Å². The summed E-state index contributed by atoms with van der Waals surface area (Å²) < 4.78 is 6.79. The molecule has 62 heavy (non-hydrogen) atoms. The third kappa shape index (κ3) is 6.94. The maximum absolute atomic E-state index is 6.79. The molecule has 0 atom stereocenters. The van der Waals surface area contributed by atoms with Gasteiger partial charge in [-0.3, -0.25) is 0 Å². The summed E-state index contributed by atoms with van der Waals surface area (Å²) in [7, 11) is 0. The van der Waals surface area contributed by atoms with Crippen LogP contribution in [0.3, 0.4) is 0 Å². The van der Waals surface area contributed by atoms with Gasteiger partial charge in [-0.1, -0.05) is 206 Å². The normalized spacial score (nSPS) is 11.2. The van der Waals surface area contributed by atoms with E-state index in [9.17, 15) is 0 Å². The molecule has 10 aromatic carbocycles. The van der Waals surface area contributed by atoms with Crippen LogP contribution in [0.15, 0.2) is 253 Å². The van der Waals surface area contributed by atoms with Gasteiger partial charge in [0.2, 0.25) is 0 Å². The van der Waals surface area contributed by atoms with Gasteiger partial charge in [-0.25, -0.2) is 0 Å². The molecular weight excluding hydrogens is 751 g/mol. The molecular formula is C60H41NO. The second-order valence-corrected chi connectivity index (χ2v) is 15.7. The van der Waals surface area contributed by atoms with Gasteiger partial charge in [0.1, 0.15) is 11.2 Å². The Morgan fingerprint density at radius 3 is 1.16 bits per heavy atom. The molecule has 0 fully saturated rings. The number of hydrogen-bond acceptors (Lipinski definition) is 2. The molecule has 0 amide bonds. The smallest absolute Gasteiger partial charge is 0.143 e. The van der Waals surface area contributed by atoms with Gasteiger partial charge in [-0.05, 0) is 98.1 Å². The quantitative estimate of drug-likeness (QED) is 0.145. The van der Waals surface area contributed by atoms with Gasteiger partial charge in [-0.15, -0.1) is 0 Å². The molecule has 0 N–H and O–H groups in total. The van der Waals surface area contributed by atoms with Crippen molar-refractivity contribution in [1.82, 2.24) is 0 Å². The van der Waals surface area contributed by atoms with Crippen LogP contribution >= 0.6 is 0 Å². The molecule has 0 aliphatic heterocycles. The molecule has 1 aromatic heterocycles. The van der Waals surface area contributed by atoms with E-state index in [2.05, 4.69) is 248 Å². The Labute approximate surface area is 362 Å². The lowest BCUT2D eigenvalue weighted by Crippen LogP contribution is -2.10. The highest BCUT2D eigenvalue weighted by Crippen LogP contribution is 2.43. The van der Waals surface area contributed by atoms with Crippen molar-refractivity contribution in [2.45, 2.75) is 0 Å². The van der Waals surface area contributed by atoms with E-state index in [-0.39, 0.29) is 0 Å². The molecule has 0 bridgehead atoms. The summed E-state index contributed by atoms with van der Waals surface area (Å²) in [5.41, 5.74) is 19.0. The summed E-state index contributed by atoms with van der Waals surface area (Å²) in [6.45, 7) is 0. The van der Waals surface area contributed by atoms with Gasteiger partial charge in [-0.2, -0.15) is 0 Å². The van der Waals surface area contributed by atoms with E-state index in [1.165, 1.54) is 38.9 Å². The minimum atomic E-state index is 0.897. The van der Waals surface area contributed by atoms with Gasteiger partial charge >= 0.3 is 0 Å². The highest BCUT2D eigenvalue weighted by molar-refractivity contribution is 6.13. The van der Waals surface area contributed by atoms with Crippen molar-refractivity contribution in [3.8, 4) is 66.8 Å². The Bertz CT molecular complexity index is 3300. The van der Waals surface area contributed by atoms with Crippen molar-refractivity contribution in [3.63, 3.8) is 0 Å². The van der Waals surface area contributed by atoms with E-state index in [1.54, 1.807) is 0 Å². The average Bonchev–Trinajstić information content (AvgIpc) is 3.75. The maximum Gasteiger partial charge on any atom is 0.143 e. The van der Waals surface area contributed by atoms with E-state index in [0.717, 1.165) is 66.8 Å². The molecule has 292 valence electrons. The molecule has 0 spiro atoms. The first-order valence-corrected chi connectivity index (χ1v) is 21.2. The van der Waals surface area contributed by atoms with Gasteiger partial charge in [0.25, 0.3) is 0 Å². The second-order valence-electron chi connectivity index (χ2n) is 15.7. The van der Waals surface area contributed by atoms with Crippen molar-refractivity contribution in [2.24, 2.45) is 0 Å². The molecule has 2 heteroatoms. The number of nitrogens with zero attached hydrogens (tertiary/aromatic N) is 1. The molecule has 2 nitrogen and oxygen atoms in total. The number of para-hydroxylation sites is 2. The number of benzene rings is 10. The van der Waals surface area contributed by atoms with Gasteiger partial charge < -0.3 is 9.32 Å². The van der Waals surface area contributed by atoms with Gasteiger partial charge in [0, 0.05) is 39.0 Å². The number of anilines is 3. The maximum atomic E-state index is 6.79.